The van der Waals surface area contributed by atoms with Crippen molar-refractivity contribution in [2.45, 2.75) is 7.43 Å². The summed E-state index contributed by atoms with van der Waals surface area (Å²) >= 11 is 3.53. The molecule has 0 radical (unpaired) electrons. The minimum Gasteiger partial charge on any atom is -0.356 e. The van der Waals surface area contributed by atoms with Gasteiger partial charge >= 0.3 is 0 Å². The highest BCUT2D eigenvalue weighted by Crippen LogP contribution is 2.46. The number of aromatic nitrogens is 2. The lowest BCUT2D eigenvalue weighted by Crippen LogP contribution is -2.09. The smallest absolute Gasteiger partial charge is 0.0619 e. The average Bonchev–Trinajstić information content (AvgIpc) is 1.59. The molecule has 4 nitrogen and oxygen atoms in total. The summed E-state index contributed by atoms with van der Waals surface area (Å²) in [5, 5.41) is 5.95. The Balaban J connectivity index is 0.000000140. The highest BCUT2D eigenvalue weighted by atomic mass is 79.9. The fraction of sp³-hybridized carbons (Fsp3) is 0.00885. The Labute approximate surface area is 700 Å². The predicted octanol–water partition coefficient (Wildman–Crippen LogP) is 32.2. The van der Waals surface area contributed by atoms with E-state index in [-0.39, 0.29) is 7.43 Å². The Bertz CT molecular complexity index is 6460. The summed E-state index contributed by atoms with van der Waals surface area (Å²) in [5.74, 6) is 0. The van der Waals surface area contributed by atoms with Crippen molar-refractivity contribution in [3.63, 3.8) is 0 Å². The fourth-order valence-corrected chi connectivity index (χ4v) is 16.1. The van der Waals surface area contributed by atoms with E-state index >= 15 is 0 Å². The third-order valence-corrected chi connectivity index (χ3v) is 22.1. The SMILES string of the molecule is Brc1ccc(-c2ccc(-n3c(-c4ccccc4)c(-c4ccccc4)c4ccccc43)cc2)cc1.C.c1ccc(-c2ccc(N(c3ccc(-c4ccccc4)cc3)c3ccc(-c4ccc(-n5c(-c6ccccc6)c(-c6ccccc6)c6ccccc65)cc4)cc3)cc2)cc1.c1ccc(-c2ccc(Nc3ccc(-c4ccccc4)cc3)cc2)cc1. The van der Waals surface area contributed by atoms with Crippen LogP contribution in [0.1, 0.15) is 7.43 Å². The first-order chi connectivity index (χ1) is 58.0. The van der Waals surface area contributed by atoms with Crippen LogP contribution < -0.4 is 10.2 Å². The number of hydrogen-bond donors (Lipinski definition) is 1. The maximum atomic E-state index is 3.53. The first-order valence-corrected chi connectivity index (χ1v) is 40.5. The minimum atomic E-state index is 0. The van der Waals surface area contributed by atoms with Gasteiger partial charge in [-0.15, -0.1) is 0 Å². The van der Waals surface area contributed by atoms with Crippen molar-refractivity contribution in [3.8, 4) is 123 Å². The van der Waals surface area contributed by atoms with Gasteiger partial charge in [0, 0.05) is 66.2 Å². The van der Waals surface area contributed by atoms with Gasteiger partial charge in [0.1, 0.15) is 0 Å². The Morgan fingerprint density at radius 2 is 0.390 bits per heavy atom. The van der Waals surface area contributed by atoms with Gasteiger partial charge in [-0.3, -0.25) is 0 Å². The molecule has 0 amide bonds. The van der Waals surface area contributed by atoms with Crippen LogP contribution >= 0.6 is 15.9 Å². The lowest BCUT2D eigenvalue weighted by molar-refractivity contribution is 1.13. The summed E-state index contributed by atoms with van der Waals surface area (Å²) in [6.07, 6.45) is 0. The number of benzene rings is 18. The van der Waals surface area contributed by atoms with Crippen LogP contribution in [0.5, 0.6) is 0 Å². The van der Waals surface area contributed by atoms with Gasteiger partial charge in [0.2, 0.25) is 0 Å². The molecular formula is C113H85BrN4. The van der Waals surface area contributed by atoms with Gasteiger partial charge in [0.25, 0.3) is 0 Å². The summed E-state index contributed by atoms with van der Waals surface area (Å²) in [6.45, 7) is 0. The maximum absolute atomic E-state index is 3.53. The quantitative estimate of drug-likeness (QED) is 0.0983. The summed E-state index contributed by atoms with van der Waals surface area (Å²) in [5.41, 5.74) is 34.4. The van der Waals surface area contributed by atoms with E-state index in [1.165, 1.54) is 133 Å². The number of fused-ring (bicyclic) bond motifs is 2. The van der Waals surface area contributed by atoms with Gasteiger partial charge in [-0.1, -0.05) is 399 Å². The Hall–Kier alpha value is -14.9. The second-order valence-corrected chi connectivity index (χ2v) is 29.9. The number of hydrogen-bond acceptors (Lipinski definition) is 2. The molecule has 0 saturated heterocycles. The van der Waals surface area contributed by atoms with Crippen LogP contribution in [-0.2, 0) is 0 Å². The van der Waals surface area contributed by atoms with E-state index in [0.717, 1.165) is 44.3 Å². The van der Waals surface area contributed by atoms with Crippen LogP contribution in [0.25, 0.3) is 145 Å². The van der Waals surface area contributed by atoms with E-state index in [1.54, 1.807) is 0 Å². The number of halogens is 1. The lowest BCUT2D eigenvalue weighted by Gasteiger charge is -2.26. The topological polar surface area (TPSA) is 25.1 Å². The number of rotatable bonds is 17. The van der Waals surface area contributed by atoms with Crippen molar-refractivity contribution in [1.29, 1.82) is 0 Å². The van der Waals surface area contributed by atoms with Crippen molar-refractivity contribution >= 4 is 66.2 Å². The predicted molar refractivity (Wildman–Crippen MR) is 506 cm³/mol. The van der Waals surface area contributed by atoms with Gasteiger partial charge in [0.05, 0.1) is 22.4 Å². The number of nitrogens with zero attached hydrogens (tertiary/aromatic N) is 3. The molecule has 18 aromatic carbocycles. The molecule has 1 N–H and O–H groups in total. The van der Waals surface area contributed by atoms with E-state index in [0.29, 0.717) is 0 Å². The molecule has 0 saturated carbocycles. The first-order valence-electron chi connectivity index (χ1n) is 39.7. The molecule has 0 fully saturated rings. The molecule has 0 aliphatic carbocycles. The molecule has 20 rings (SSSR count). The lowest BCUT2D eigenvalue weighted by atomic mass is 9.98. The van der Waals surface area contributed by atoms with Crippen molar-refractivity contribution < 1.29 is 0 Å². The van der Waals surface area contributed by atoms with Gasteiger partial charge < -0.3 is 19.4 Å². The van der Waals surface area contributed by atoms with Crippen LogP contribution in [0.2, 0.25) is 0 Å². The second-order valence-electron chi connectivity index (χ2n) is 28.9. The highest BCUT2D eigenvalue weighted by molar-refractivity contribution is 9.10. The molecule has 2 heterocycles. The number of anilines is 5. The van der Waals surface area contributed by atoms with Crippen molar-refractivity contribution in [1.82, 2.24) is 9.13 Å². The van der Waals surface area contributed by atoms with Crippen molar-refractivity contribution in [3.05, 3.63) is 490 Å². The normalized spacial score (nSPS) is 10.9. The van der Waals surface area contributed by atoms with Crippen LogP contribution in [0.15, 0.2) is 490 Å². The molecule has 0 spiro atoms. The van der Waals surface area contributed by atoms with Crippen LogP contribution in [0.4, 0.5) is 28.4 Å². The zero-order valence-electron chi connectivity index (χ0n) is 64.4. The molecule has 2 aromatic heterocycles. The molecule has 0 bridgehead atoms. The molecular weight excluding hydrogens is 1490 g/mol. The van der Waals surface area contributed by atoms with E-state index in [9.17, 15) is 0 Å². The van der Waals surface area contributed by atoms with E-state index in [1.807, 2.05) is 12.1 Å². The van der Waals surface area contributed by atoms with Gasteiger partial charge in [-0.25, -0.2) is 0 Å². The van der Waals surface area contributed by atoms with Crippen molar-refractivity contribution in [2.24, 2.45) is 0 Å². The zero-order chi connectivity index (χ0) is 78.5. The van der Waals surface area contributed by atoms with E-state index in [4.69, 9.17) is 0 Å². The molecule has 5 heteroatoms. The molecule has 0 aliphatic rings. The monoisotopic (exact) mass is 1580 g/mol. The number of para-hydroxylation sites is 2. The summed E-state index contributed by atoms with van der Waals surface area (Å²) in [6, 6.07) is 172. The van der Waals surface area contributed by atoms with Crippen LogP contribution in [0, 0.1) is 0 Å². The van der Waals surface area contributed by atoms with E-state index in [2.05, 4.69) is 508 Å². The maximum Gasteiger partial charge on any atom is 0.0619 e. The standard InChI is InChI=1S/C56H40N2.C32H22BrN.C24H19N.CH4/c1-5-15-41(16-6-1)43-25-33-49(34-26-43)57(50-35-27-44(28-36-50)42-17-7-2-8-18-42)51-37-29-45(30-38-51)46-31-39-52(40-32-46)58-54-24-14-13-23-53(54)55(47-19-9-3-10-20-47)56(58)48-21-11-4-12-22-48;33-27-19-15-23(16-20-27)24-17-21-28(22-18-24)34-30-14-8-7-13-29(30)31(25-9-3-1-4-10-25)32(34)26-11-5-2-6-12-26;1-3-7-19(8-4-1)21-11-15-23(16-12-21)25-24-17-13-22(14-18-24)20-9-5-2-6-10-20;/h1-40H;1-22H;1-18,25H;1H4. The number of nitrogens with one attached hydrogen (secondary N) is 1. The van der Waals surface area contributed by atoms with E-state index < -0.39 is 0 Å². The van der Waals surface area contributed by atoms with Gasteiger partial charge in [0.15, 0.2) is 0 Å². The highest BCUT2D eigenvalue weighted by Gasteiger charge is 2.24. The molecule has 0 atom stereocenters. The Morgan fingerprint density at radius 1 is 0.186 bits per heavy atom. The van der Waals surface area contributed by atoms with Crippen molar-refractivity contribution in [2.75, 3.05) is 10.2 Å². The van der Waals surface area contributed by atoms with Crippen LogP contribution in [0.3, 0.4) is 0 Å². The summed E-state index contributed by atoms with van der Waals surface area (Å²) in [4.78, 5) is 2.34. The Kier molecular flexibility index (Phi) is 22.9. The third-order valence-electron chi connectivity index (χ3n) is 21.6. The van der Waals surface area contributed by atoms with Gasteiger partial charge in [-0.2, -0.15) is 0 Å². The molecule has 118 heavy (non-hydrogen) atoms. The first kappa shape index (κ1) is 75.8. The Morgan fingerprint density at radius 3 is 0.661 bits per heavy atom. The molecule has 564 valence electrons. The summed E-state index contributed by atoms with van der Waals surface area (Å²) in [7, 11) is 0. The molecule has 0 aliphatic heterocycles. The minimum absolute atomic E-state index is 0. The third kappa shape index (κ3) is 16.6. The van der Waals surface area contributed by atoms with Crippen LogP contribution in [-0.4, -0.2) is 9.13 Å². The second kappa shape index (κ2) is 35.7. The summed E-state index contributed by atoms with van der Waals surface area (Å²) < 4.78 is 5.91. The van der Waals surface area contributed by atoms with Gasteiger partial charge in [-0.05, 0) is 198 Å². The largest absolute Gasteiger partial charge is 0.356 e. The molecule has 20 aromatic rings. The zero-order valence-corrected chi connectivity index (χ0v) is 66.0. The molecule has 0 unspecified atom stereocenters. The fourth-order valence-electron chi connectivity index (χ4n) is 15.8. The average molecular weight is 1580 g/mol.